The first-order chi connectivity index (χ1) is 17.8. The Bertz CT molecular complexity index is 1540. The van der Waals surface area contributed by atoms with Crippen LogP contribution >= 0.6 is 0 Å². The molecule has 0 fully saturated rings. The summed E-state index contributed by atoms with van der Waals surface area (Å²) in [6, 6.07) is 24.2. The predicted molar refractivity (Wildman–Crippen MR) is 135 cm³/mol. The minimum Gasteiger partial charge on any atom is -0.381 e. The highest BCUT2D eigenvalue weighted by molar-refractivity contribution is 5.98. The first kappa shape index (κ1) is 24.4. The lowest BCUT2D eigenvalue weighted by molar-refractivity contribution is -0.136. The van der Waals surface area contributed by atoms with Crippen LogP contribution in [-0.4, -0.2) is 4.98 Å². The molecule has 0 aliphatic rings. The molecule has 0 saturated carbocycles. The van der Waals surface area contributed by atoms with Gasteiger partial charge in [0.25, 0.3) is 0 Å². The molecule has 0 unspecified atom stereocenters. The van der Waals surface area contributed by atoms with E-state index in [1.165, 1.54) is 24.4 Å². The summed E-state index contributed by atoms with van der Waals surface area (Å²) in [6.07, 6.45) is -2.56. The van der Waals surface area contributed by atoms with Crippen LogP contribution in [0.4, 0.5) is 27.6 Å². The van der Waals surface area contributed by atoms with Gasteiger partial charge < -0.3 is 5.32 Å². The zero-order valence-corrected chi connectivity index (χ0v) is 19.5. The number of hydrogen-bond donors (Lipinski definition) is 1. The molecule has 2 nitrogen and oxygen atoms in total. The molecule has 5 rings (SSSR count). The minimum atomic E-state index is -4.55. The quantitative estimate of drug-likeness (QED) is 0.235. The van der Waals surface area contributed by atoms with Crippen LogP contribution in [0.1, 0.15) is 22.3 Å². The zero-order valence-electron chi connectivity index (χ0n) is 19.5. The van der Waals surface area contributed by atoms with Gasteiger partial charge in [-0.3, -0.25) is 4.98 Å². The maximum absolute atomic E-state index is 13.8. The van der Waals surface area contributed by atoms with Gasteiger partial charge in [0.1, 0.15) is 11.6 Å². The van der Waals surface area contributed by atoms with E-state index in [-0.39, 0.29) is 12.1 Å². The van der Waals surface area contributed by atoms with Crippen molar-refractivity contribution in [1.82, 2.24) is 4.98 Å². The van der Waals surface area contributed by atoms with Crippen LogP contribution < -0.4 is 5.32 Å². The first-order valence-corrected chi connectivity index (χ1v) is 11.6. The topological polar surface area (TPSA) is 24.9 Å². The third-order valence-corrected chi connectivity index (χ3v) is 6.09. The van der Waals surface area contributed by atoms with Crippen molar-refractivity contribution in [2.24, 2.45) is 0 Å². The first-order valence-electron chi connectivity index (χ1n) is 11.6. The van der Waals surface area contributed by atoms with E-state index in [1.807, 2.05) is 42.5 Å². The van der Waals surface area contributed by atoms with E-state index in [0.717, 1.165) is 23.3 Å². The van der Waals surface area contributed by atoms with E-state index in [1.54, 1.807) is 18.2 Å². The second-order valence-electron chi connectivity index (χ2n) is 8.73. The molecule has 0 spiro atoms. The number of anilines is 1. The smallest absolute Gasteiger partial charge is 0.381 e. The maximum Gasteiger partial charge on any atom is 0.418 e. The van der Waals surface area contributed by atoms with Crippen molar-refractivity contribution >= 4 is 16.6 Å². The number of fused-ring (bicyclic) bond motifs is 1. The van der Waals surface area contributed by atoms with E-state index in [0.29, 0.717) is 34.2 Å². The molecule has 0 radical (unpaired) electrons. The van der Waals surface area contributed by atoms with Gasteiger partial charge in [0.15, 0.2) is 0 Å². The van der Waals surface area contributed by atoms with E-state index >= 15 is 0 Å². The molecule has 1 N–H and O–H groups in total. The Morgan fingerprint density at radius 3 is 2.19 bits per heavy atom. The highest BCUT2D eigenvalue weighted by atomic mass is 19.4. The van der Waals surface area contributed by atoms with Gasteiger partial charge in [-0.05, 0) is 64.6 Å². The summed E-state index contributed by atoms with van der Waals surface area (Å²) in [5.74, 6) is -1.33. The number of pyridine rings is 1. The van der Waals surface area contributed by atoms with Crippen LogP contribution in [-0.2, 0) is 19.1 Å². The molecular weight excluding hydrogens is 483 g/mol. The van der Waals surface area contributed by atoms with E-state index in [4.69, 9.17) is 0 Å². The molecule has 37 heavy (non-hydrogen) atoms. The Labute approximate surface area is 210 Å². The summed E-state index contributed by atoms with van der Waals surface area (Å²) in [4.78, 5) is 4.24. The normalized spacial score (nSPS) is 11.6. The molecule has 0 amide bonds. The van der Waals surface area contributed by atoms with Crippen LogP contribution in [0.3, 0.4) is 0 Å². The molecule has 1 aromatic heterocycles. The summed E-state index contributed by atoms with van der Waals surface area (Å²) >= 11 is 0. The molecule has 186 valence electrons. The summed E-state index contributed by atoms with van der Waals surface area (Å²) in [7, 11) is 0. The minimum absolute atomic E-state index is 0.115. The van der Waals surface area contributed by atoms with Gasteiger partial charge in [0.05, 0.1) is 11.1 Å². The molecule has 4 aromatic carbocycles. The van der Waals surface area contributed by atoms with E-state index in [2.05, 4.69) is 10.3 Å². The molecule has 0 saturated heterocycles. The van der Waals surface area contributed by atoms with Crippen molar-refractivity contribution in [3.8, 4) is 11.1 Å². The number of halogens is 5. The molecule has 0 aliphatic carbocycles. The lowest BCUT2D eigenvalue weighted by atomic mass is 9.91. The molecule has 7 heteroatoms. The zero-order chi connectivity index (χ0) is 26.0. The third-order valence-electron chi connectivity index (χ3n) is 6.09. The molecule has 1 heterocycles. The molecule has 0 atom stereocenters. The van der Waals surface area contributed by atoms with Crippen molar-refractivity contribution in [1.29, 1.82) is 0 Å². The van der Waals surface area contributed by atoms with Crippen LogP contribution in [0.25, 0.3) is 22.0 Å². The van der Waals surface area contributed by atoms with Crippen molar-refractivity contribution in [2.45, 2.75) is 19.1 Å². The number of hydrogen-bond acceptors (Lipinski definition) is 2. The fourth-order valence-corrected chi connectivity index (χ4v) is 4.49. The van der Waals surface area contributed by atoms with Crippen LogP contribution in [0.15, 0.2) is 97.2 Å². The summed E-state index contributed by atoms with van der Waals surface area (Å²) in [5.41, 5.74) is 3.31. The molecule has 0 aliphatic heterocycles. The van der Waals surface area contributed by atoms with Gasteiger partial charge in [-0.1, -0.05) is 54.6 Å². The van der Waals surface area contributed by atoms with Gasteiger partial charge in [0.2, 0.25) is 0 Å². The number of alkyl halides is 3. The predicted octanol–water partition coefficient (Wildman–Crippen LogP) is 8.40. The second kappa shape index (κ2) is 10.0. The van der Waals surface area contributed by atoms with Crippen molar-refractivity contribution in [2.75, 3.05) is 5.32 Å². The Kier molecular flexibility index (Phi) is 6.61. The average Bonchev–Trinajstić information content (AvgIpc) is 2.86. The fourth-order valence-electron chi connectivity index (χ4n) is 4.49. The number of benzene rings is 4. The summed E-state index contributed by atoms with van der Waals surface area (Å²) in [6.45, 7) is 0.171. The van der Waals surface area contributed by atoms with Gasteiger partial charge in [0, 0.05) is 29.9 Å². The molecular formula is C30H21F5N2. The number of nitrogens with one attached hydrogen (secondary N) is 1. The van der Waals surface area contributed by atoms with E-state index in [9.17, 15) is 22.0 Å². The standard InChI is InChI=1S/C30H21F5N2/c31-23-13-20(14-24(32)16-23)17-36-25-9-4-8-21(15-25)28-22(12-19-6-2-1-3-7-19)18-37-29-26(28)10-5-11-27(29)30(33,34)35/h1-11,13-16,18,36H,12,17H2. The lowest BCUT2D eigenvalue weighted by Crippen LogP contribution is -2.07. The van der Waals surface area contributed by atoms with Gasteiger partial charge in [-0.25, -0.2) is 8.78 Å². The average molecular weight is 505 g/mol. The molecule has 5 aromatic rings. The second-order valence-corrected chi connectivity index (χ2v) is 8.73. The SMILES string of the molecule is Fc1cc(F)cc(CNc2cccc(-c3c(Cc4ccccc4)cnc4c(C(F)(F)F)cccc34)c2)c1. The highest BCUT2D eigenvalue weighted by Crippen LogP contribution is 2.39. The number of rotatable bonds is 6. The van der Waals surface area contributed by atoms with Crippen LogP contribution in [0.5, 0.6) is 0 Å². The Morgan fingerprint density at radius 1 is 0.730 bits per heavy atom. The molecule has 0 bridgehead atoms. The van der Waals surface area contributed by atoms with Gasteiger partial charge >= 0.3 is 6.18 Å². The summed E-state index contributed by atoms with van der Waals surface area (Å²) < 4.78 is 68.5. The van der Waals surface area contributed by atoms with Crippen molar-refractivity contribution in [3.05, 3.63) is 131 Å². The Hall–Kier alpha value is -4.26. The Balaban J connectivity index is 1.60. The van der Waals surface area contributed by atoms with Gasteiger partial charge in [-0.15, -0.1) is 0 Å². The number of para-hydroxylation sites is 1. The fraction of sp³-hybridized carbons (Fsp3) is 0.100. The van der Waals surface area contributed by atoms with Crippen LogP contribution in [0, 0.1) is 11.6 Å². The number of aromatic nitrogens is 1. The van der Waals surface area contributed by atoms with Crippen molar-refractivity contribution < 1.29 is 22.0 Å². The van der Waals surface area contributed by atoms with Crippen molar-refractivity contribution in [3.63, 3.8) is 0 Å². The summed E-state index contributed by atoms with van der Waals surface area (Å²) in [5, 5.41) is 3.55. The van der Waals surface area contributed by atoms with Gasteiger partial charge in [-0.2, -0.15) is 13.2 Å². The highest BCUT2D eigenvalue weighted by Gasteiger charge is 2.33. The lowest BCUT2D eigenvalue weighted by Gasteiger charge is -2.17. The number of nitrogens with zero attached hydrogens (tertiary/aromatic N) is 1. The third kappa shape index (κ3) is 5.45. The Morgan fingerprint density at radius 2 is 1.46 bits per heavy atom. The monoisotopic (exact) mass is 504 g/mol. The van der Waals surface area contributed by atoms with Crippen LogP contribution in [0.2, 0.25) is 0 Å². The van der Waals surface area contributed by atoms with E-state index < -0.39 is 23.4 Å². The largest absolute Gasteiger partial charge is 0.418 e. The maximum atomic E-state index is 13.8.